The van der Waals surface area contributed by atoms with Gasteiger partial charge in [0.1, 0.15) is 12.1 Å². The predicted molar refractivity (Wildman–Crippen MR) is 121 cm³/mol. The van der Waals surface area contributed by atoms with E-state index in [0.29, 0.717) is 6.42 Å². The molecule has 8 heteroatoms. The minimum atomic E-state index is -0.711. The van der Waals surface area contributed by atoms with Gasteiger partial charge in [-0.3, -0.25) is 4.79 Å². The summed E-state index contributed by atoms with van der Waals surface area (Å²) in [5.41, 5.74) is 7.06. The largest absolute Gasteiger partial charge is 0.497 e. The number of benzene rings is 1. The fourth-order valence-electron chi connectivity index (χ4n) is 2.25. The van der Waals surface area contributed by atoms with Crippen LogP contribution in [0.5, 0.6) is 5.75 Å². The number of H-pyrrole nitrogens is 1. The number of fused-ring (bicyclic) bond motifs is 1. The van der Waals surface area contributed by atoms with Crippen LogP contribution in [0.2, 0.25) is 0 Å². The zero-order chi connectivity index (χ0) is 21.9. The van der Waals surface area contributed by atoms with Crippen LogP contribution in [0.1, 0.15) is 51.5 Å². The maximum Gasteiger partial charge on any atom is 0.303 e. The summed E-state index contributed by atoms with van der Waals surface area (Å²) in [6.45, 7) is 5.23. The van der Waals surface area contributed by atoms with E-state index in [0.717, 1.165) is 35.0 Å². The van der Waals surface area contributed by atoms with Gasteiger partial charge in [-0.15, -0.1) is 5.10 Å². The van der Waals surface area contributed by atoms with Gasteiger partial charge in [0.05, 0.1) is 13.3 Å². The Labute approximate surface area is 173 Å². The molecule has 0 saturated carbocycles. The van der Waals surface area contributed by atoms with Crippen LogP contribution < -0.4 is 15.8 Å². The topological polar surface area (TPSA) is 125 Å². The third kappa shape index (κ3) is 12.2. The number of nitrogens with two attached hydrogens (primary N) is 1. The summed E-state index contributed by atoms with van der Waals surface area (Å²) in [6.07, 6.45) is 9.68. The Morgan fingerprint density at radius 1 is 1.28 bits per heavy atom. The molecule has 162 valence electrons. The number of methoxy groups -OCH3 is 1. The average molecular weight is 406 g/mol. The first-order chi connectivity index (χ1) is 14.0. The van der Waals surface area contributed by atoms with E-state index in [2.05, 4.69) is 27.4 Å². The summed E-state index contributed by atoms with van der Waals surface area (Å²) in [5.74, 6) is 0.0987. The van der Waals surface area contributed by atoms with Gasteiger partial charge in [0.2, 0.25) is 0 Å². The fraction of sp³-hybridized carbons (Fsp3) is 0.476. The number of nitrogens with one attached hydrogen (secondary N) is 2. The second kappa shape index (κ2) is 17.2. The number of carbonyl (C=O) groups is 1. The second-order valence-electron chi connectivity index (χ2n) is 6.12. The Balaban J connectivity index is 0.000000503. The molecule has 1 aromatic heterocycles. The van der Waals surface area contributed by atoms with E-state index in [1.54, 1.807) is 13.3 Å². The van der Waals surface area contributed by atoms with Crippen LogP contribution in [0.4, 0.5) is 0 Å². The molecule has 29 heavy (non-hydrogen) atoms. The first kappa shape index (κ1) is 26.1. The van der Waals surface area contributed by atoms with Crippen LogP contribution in [0, 0.1) is 0 Å². The molecule has 0 saturated heterocycles. The van der Waals surface area contributed by atoms with E-state index < -0.39 is 5.97 Å². The number of carboxylic acids is 1. The van der Waals surface area contributed by atoms with E-state index in [-0.39, 0.29) is 0 Å². The van der Waals surface area contributed by atoms with Crippen molar-refractivity contribution in [1.82, 2.24) is 10.3 Å². The fourth-order valence-corrected chi connectivity index (χ4v) is 2.25. The Morgan fingerprint density at radius 2 is 2.03 bits per heavy atom. The van der Waals surface area contributed by atoms with Crippen LogP contribution in [-0.4, -0.2) is 49.3 Å². The Kier molecular flexibility index (Phi) is 15.5. The highest BCUT2D eigenvalue weighted by Crippen LogP contribution is 2.22. The van der Waals surface area contributed by atoms with Gasteiger partial charge in [-0.1, -0.05) is 26.7 Å². The summed E-state index contributed by atoms with van der Waals surface area (Å²) in [5, 5.41) is 19.4. The Bertz CT molecular complexity index is 737. The lowest BCUT2D eigenvalue weighted by molar-refractivity contribution is -0.137. The van der Waals surface area contributed by atoms with Gasteiger partial charge in [-0.25, -0.2) is 0 Å². The molecule has 0 atom stereocenters. The van der Waals surface area contributed by atoms with Crippen molar-refractivity contribution in [3.05, 3.63) is 30.0 Å². The molecule has 0 bridgehead atoms. The van der Waals surface area contributed by atoms with Crippen molar-refractivity contribution in [3.63, 3.8) is 0 Å². The third-order valence-electron chi connectivity index (χ3n) is 3.75. The number of ether oxygens (including phenoxy) is 1. The van der Waals surface area contributed by atoms with Gasteiger partial charge in [-0.05, 0) is 44.6 Å². The average Bonchev–Trinajstić information content (AvgIpc) is 3.12. The quantitative estimate of drug-likeness (QED) is 0.219. The molecule has 0 spiro atoms. The zero-order valence-corrected chi connectivity index (χ0v) is 17.9. The van der Waals surface area contributed by atoms with Gasteiger partial charge in [-0.2, -0.15) is 5.10 Å². The van der Waals surface area contributed by atoms with Crippen molar-refractivity contribution in [1.29, 1.82) is 0 Å². The van der Waals surface area contributed by atoms with E-state index in [4.69, 9.17) is 15.6 Å². The summed E-state index contributed by atoms with van der Waals surface area (Å²) in [7, 11) is 3.63. The highest BCUT2D eigenvalue weighted by molar-refractivity contribution is 5.99. The smallest absolute Gasteiger partial charge is 0.303 e. The summed E-state index contributed by atoms with van der Waals surface area (Å²) < 4.78 is 5.16. The molecular weight excluding hydrogens is 370 g/mol. The molecule has 0 aliphatic heterocycles. The third-order valence-corrected chi connectivity index (χ3v) is 3.75. The van der Waals surface area contributed by atoms with E-state index in [1.165, 1.54) is 25.8 Å². The lowest BCUT2D eigenvalue weighted by atomic mass is 10.2. The predicted octanol–water partition coefficient (Wildman–Crippen LogP) is 3.76. The Morgan fingerprint density at radius 3 is 2.55 bits per heavy atom. The van der Waals surface area contributed by atoms with Crippen LogP contribution in [0.15, 0.2) is 34.6 Å². The van der Waals surface area contributed by atoms with E-state index in [9.17, 15) is 4.79 Å². The normalized spacial score (nSPS) is 10.5. The van der Waals surface area contributed by atoms with Crippen molar-refractivity contribution >= 4 is 29.4 Å². The molecule has 0 radical (unpaired) electrons. The molecule has 0 aliphatic carbocycles. The molecule has 0 fully saturated rings. The molecule has 5 N–H and O–H groups in total. The Hall–Kier alpha value is -2.87. The first-order valence-corrected chi connectivity index (χ1v) is 9.82. The maximum absolute atomic E-state index is 9.60. The highest BCUT2D eigenvalue weighted by atomic mass is 16.5. The zero-order valence-electron chi connectivity index (χ0n) is 17.9. The molecule has 1 aromatic carbocycles. The van der Waals surface area contributed by atoms with Crippen LogP contribution >= 0.6 is 0 Å². The molecule has 2 rings (SSSR count). The molecule has 2 aromatic rings. The number of aromatic amines is 1. The number of rotatable bonds is 9. The van der Waals surface area contributed by atoms with Gasteiger partial charge in [0.25, 0.3) is 0 Å². The minimum absolute atomic E-state index is 0.292. The monoisotopic (exact) mass is 405 g/mol. The number of aromatic nitrogens is 1. The summed E-state index contributed by atoms with van der Waals surface area (Å²) >= 11 is 0. The molecule has 0 amide bonds. The lowest BCUT2D eigenvalue weighted by Crippen LogP contribution is -2.06. The van der Waals surface area contributed by atoms with Crippen LogP contribution in [0.25, 0.3) is 10.9 Å². The van der Waals surface area contributed by atoms with Crippen molar-refractivity contribution in [3.8, 4) is 5.75 Å². The SMILES string of the molecule is CCCC(=O)O.CCCCCNC.COc1ccc2[nH]cc(/C=N/N=C\N)c2c1. The van der Waals surface area contributed by atoms with E-state index in [1.807, 2.05) is 38.4 Å². The molecular formula is C21H35N5O3. The number of nitrogens with zero attached hydrogens (tertiary/aromatic N) is 2. The molecule has 0 unspecified atom stereocenters. The van der Waals surface area contributed by atoms with Crippen molar-refractivity contribution in [2.75, 3.05) is 20.7 Å². The van der Waals surface area contributed by atoms with Crippen molar-refractivity contribution in [2.45, 2.75) is 46.0 Å². The number of hydrogen-bond acceptors (Lipinski definition) is 5. The maximum atomic E-state index is 9.60. The number of aliphatic carboxylic acids is 1. The minimum Gasteiger partial charge on any atom is -0.497 e. The molecule has 0 aliphatic rings. The van der Waals surface area contributed by atoms with Gasteiger partial charge in [0, 0.05) is 29.1 Å². The van der Waals surface area contributed by atoms with E-state index >= 15 is 0 Å². The van der Waals surface area contributed by atoms with Crippen LogP contribution in [-0.2, 0) is 4.79 Å². The number of hydrogen-bond donors (Lipinski definition) is 4. The standard InChI is InChI=1S/C11H12N4O.C6H15N.C4H8O2/c1-16-9-2-3-11-10(4-9)8(5-13-11)6-14-15-7-12;1-3-4-5-6-7-2;1-2-3-4(5)6/h2-7,13H,1H3,(H2,12,15);7H,3-6H2,1-2H3;2-3H2,1H3,(H,5,6)/b14-6+;;. The van der Waals surface area contributed by atoms with Crippen molar-refractivity contribution in [2.24, 2.45) is 15.9 Å². The highest BCUT2D eigenvalue weighted by Gasteiger charge is 2.02. The van der Waals surface area contributed by atoms with Gasteiger partial charge >= 0.3 is 5.97 Å². The molecule has 8 nitrogen and oxygen atoms in total. The summed E-state index contributed by atoms with van der Waals surface area (Å²) in [6, 6.07) is 5.80. The lowest BCUT2D eigenvalue weighted by Gasteiger charge is -1.98. The summed E-state index contributed by atoms with van der Waals surface area (Å²) in [4.78, 5) is 12.7. The van der Waals surface area contributed by atoms with Crippen molar-refractivity contribution < 1.29 is 14.6 Å². The van der Waals surface area contributed by atoms with Crippen LogP contribution in [0.3, 0.4) is 0 Å². The molecule has 1 heterocycles. The van der Waals surface area contributed by atoms with Gasteiger partial charge in [0.15, 0.2) is 0 Å². The second-order valence-corrected chi connectivity index (χ2v) is 6.12. The number of carboxylic acid groups (broad SMARTS) is 1. The number of unbranched alkanes of at least 4 members (excludes halogenated alkanes) is 2. The first-order valence-electron chi connectivity index (χ1n) is 9.82. The van der Waals surface area contributed by atoms with Gasteiger partial charge < -0.3 is 25.9 Å².